The molecule has 146 valence electrons. The van der Waals surface area contributed by atoms with Crippen molar-refractivity contribution in [1.82, 2.24) is 0 Å². The van der Waals surface area contributed by atoms with Gasteiger partial charge in [0.2, 0.25) is 0 Å². The molecule has 3 rings (SSSR count). The van der Waals surface area contributed by atoms with Crippen LogP contribution in [0.5, 0.6) is 5.75 Å². The van der Waals surface area contributed by atoms with Gasteiger partial charge in [-0.15, -0.1) is 0 Å². The third-order valence-electron chi connectivity index (χ3n) is 4.25. The van der Waals surface area contributed by atoms with Gasteiger partial charge in [0.1, 0.15) is 5.75 Å². The molecule has 3 aromatic carbocycles. The predicted octanol–water partition coefficient (Wildman–Crippen LogP) is 6.85. The number of rotatable bonds is 6. The maximum atomic E-state index is 14.4. The van der Waals surface area contributed by atoms with E-state index in [9.17, 15) is 22.0 Å². The number of aryl methyl sites for hydroxylation is 1. The summed E-state index contributed by atoms with van der Waals surface area (Å²) in [6.07, 6.45) is -1.82. The molecule has 0 aliphatic carbocycles. The number of alkyl halides is 2. The van der Waals surface area contributed by atoms with Gasteiger partial charge in [-0.2, -0.15) is 8.78 Å². The zero-order chi connectivity index (χ0) is 20.3. The van der Waals surface area contributed by atoms with E-state index in [4.69, 9.17) is 4.74 Å². The Morgan fingerprint density at radius 3 is 1.89 bits per heavy atom. The summed E-state index contributed by atoms with van der Waals surface area (Å²) in [5.74, 6) is -4.33. The van der Waals surface area contributed by atoms with Crippen molar-refractivity contribution in [2.45, 2.75) is 25.9 Å². The van der Waals surface area contributed by atoms with Crippen LogP contribution in [0.25, 0.3) is 11.1 Å². The normalized spacial score (nSPS) is 11.5. The van der Waals surface area contributed by atoms with Gasteiger partial charge in [0, 0.05) is 0 Å². The molecule has 0 fully saturated rings. The van der Waals surface area contributed by atoms with Crippen molar-refractivity contribution in [3.8, 4) is 16.9 Å². The van der Waals surface area contributed by atoms with Gasteiger partial charge >= 0.3 is 6.11 Å². The van der Waals surface area contributed by atoms with Crippen LogP contribution in [-0.4, -0.2) is 0 Å². The first-order valence-electron chi connectivity index (χ1n) is 8.71. The molecule has 0 radical (unpaired) electrons. The van der Waals surface area contributed by atoms with Crippen LogP contribution in [0.4, 0.5) is 22.0 Å². The molecule has 0 aliphatic rings. The lowest BCUT2D eigenvalue weighted by atomic mass is 10.0. The molecule has 0 saturated heterocycles. The smallest absolute Gasteiger partial charge is 0.426 e. The highest BCUT2D eigenvalue weighted by atomic mass is 19.3. The summed E-state index contributed by atoms with van der Waals surface area (Å²) in [5.41, 5.74) is 1.10. The largest absolute Gasteiger partial charge is 0.429 e. The van der Waals surface area contributed by atoms with Crippen molar-refractivity contribution in [2.75, 3.05) is 0 Å². The standard InChI is InChI=1S/C22H17F5O/c1-2-3-14-4-8-17(9-5-14)22(26,27)28-18-10-6-15(7-11-18)16-12-19(23)21(25)20(24)13-16/h4-13H,2-3H2,1H3. The lowest BCUT2D eigenvalue weighted by Crippen LogP contribution is -2.21. The van der Waals surface area contributed by atoms with Gasteiger partial charge in [-0.05, 0) is 59.5 Å². The molecule has 0 saturated carbocycles. The third kappa shape index (κ3) is 4.32. The number of halogens is 5. The minimum Gasteiger partial charge on any atom is -0.429 e. The Morgan fingerprint density at radius 2 is 1.36 bits per heavy atom. The molecule has 0 bridgehead atoms. The summed E-state index contributed by atoms with van der Waals surface area (Å²) in [4.78, 5) is 0. The number of hydrogen-bond acceptors (Lipinski definition) is 1. The Kier molecular flexibility index (Phi) is 5.68. The summed E-state index contributed by atoms with van der Waals surface area (Å²) >= 11 is 0. The first-order valence-corrected chi connectivity index (χ1v) is 8.71. The van der Waals surface area contributed by atoms with E-state index < -0.39 is 23.6 Å². The average Bonchev–Trinajstić information content (AvgIpc) is 2.67. The van der Waals surface area contributed by atoms with Crippen molar-refractivity contribution >= 4 is 0 Å². The minimum atomic E-state index is -3.54. The Morgan fingerprint density at radius 1 is 0.786 bits per heavy atom. The maximum Gasteiger partial charge on any atom is 0.426 e. The van der Waals surface area contributed by atoms with Crippen LogP contribution in [0.3, 0.4) is 0 Å². The monoisotopic (exact) mass is 392 g/mol. The van der Waals surface area contributed by atoms with Gasteiger partial charge in [-0.1, -0.05) is 37.6 Å². The van der Waals surface area contributed by atoms with Crippen LogP contribution in [-0.2, 0) is 12.5 Å². The Balaban J connectivity index is 1.78. The summed E-state index contributed by atoms with van der Waals surface area (Å²) < 4.78 is 73.3. The fourth-order valence-corrected chi connectivity index (χ4v) is 2.80. The molecule has 6 heteroatoms. The Hall–Kier alpha value is -2.89. The second-order valence-electron chi connectivity index (χ2n) is 6.34. The van der Waals surface area contributed by atoms with Gasteiger partial charge in [0.25, 0.3) is 0 Å². The van der Waals surface area contributed by atoms with Crippen molar-refractivity contribution in [1.29, 1.82) is 0 Å². The van der Waals surface area contributed by atoms with E-state index in [-0.39, 0.29) is 16.9 Å². The van der Waals surface area contributed by atoms with E-state index in [0.717, 1.165) is 30.5 Å². The molecule has 0 N–H and O–H groups in total. The van der Waals surface area contributed by atoms with E-state index in [1.165, 1.54) is 36.4 Å². The molecule has 0 heterocycles. The lowest BCUT2D eigenvalue weighted by Gasteiger charge is -2.19. The second-order valence-corrected chi connectivity index (χ2v) is 6.34. The van der Waals surface area contributed by atoms with E-state index in [0.29, 0.717) is 5.56 Å². The SMILES string of the molecule is CCCc1ccc(C(F)(F)Oc2ccc(-c3cc(F)c(F)c(F)c3)cc2)cc1. The lowest BCUT2D eigenvalue weighted by molar-refractivity contribution is -0.185. The molecule has 0 spiro atoms. The van der Waals surface area contributed by atoms with E-state index in [2.05, 4.69) is 0 Å². The molecular weight excluding hydrogens is 375 g/mol. The third-order valence-corrected chi connectivity index (χ3v) is 4.25. The highest BCUT2D eigenvalue weighted by Gasteiger charge is 2.34. The van der Waals surface area contributed by atoms with Crippen LogP contribution in [0.1, 0.15) is 24.5 Å². The van der Waals surface area contributed by atoms with Crippen LogP contribution >= 0.6 is 0 Å². The summed E-state index contributed by atoms with van der Waals surface area (Å²) in [6.45, 7) is 2.00. The van der Waals surface area contributed by atoms with Gasteiger partial charge < -0.3 is 4.74 Å². The molecule has 28 heavy (non-hydrogen) atoms. The van der Waals surface area contributed by atoms with Crippen molar-refractivity contribution in [2.24, 2.45) is 0 Å². The molecule has 0 amide bonds. The minimum absolute atomic E-state index is 0.0845. The average molecular weight is 392 g/mol. The molecule has 1 nitrogen and oxygen atoms in total. The van der Waals surface area contributed by atoms with Gasteiger partial charge in [-0.3, -0.25) is 0 Å². The number of hydrogen-bond donors (Lipinski definition) is 0. The summed E-state index contributed by atoms with van der Waals surface area (Å²) in [7, 11) is 0. The number of ether oxygens (including phenoxy) is 1. The zero-order valence-corrected chi connectivity index (χ0v) is 15.0. The fourth-order valence-electron chi connectivity index (χ4n) is 2.80. The fraction of sp³-hybridized carbons (Fsp3) is 0.182. The highest BCUT2D eigenvalue weighted by molar-refractivity contribution is 5.64. The Bertz CT molecular complexity index is 927. The van der Waals surface area contributed by atoms with Gasteiger partial charge in [0.15, 0.2) is 17.5 Å². The molecule has 0 aliphatic heterocycles. The molecule has 0 aromatic heterocycles. The van der Waals surface area contributed by atoms with E-state index in [1.807, 2.05) is 6.92 Å². The maximum absolute atomic E-state index is 14.4. The van der Waals surface area contributed by atoms with E-state index in [1.54, 1.807) is 12.1 Å². The van der Waals surface area contributed by atoms with Crippen LogP contribution < -0.4 is 4.74 Å². The van der Waals surface area contributed by atoms with Crippen LogP contribution in [0, 0.1) is 17.5 Å². The Labute approximate surface area is 159 Å². The first-order chi connectivity index (χ1) is 13.3. The van der Waals surface area contributed by atoms with Gasteiger partial charge in [0.05, 0.1) is 5.56 Å². The first kappa shape index (κ1) is 19.9. The zero-order valence-electron chi connectivity index (χ0n) is 15.0. The number of benzene rings is 3. The summed E-state index contributed by atoms with van der Waals surface area (Å²) in [6, 6.07) is 12.8. The van der Waals surface area contributed by atoms with E-state index >= 15 is 0 Å². The van der Waals surface area contributed by atoms with Crippen LogP contribution in [0.2, 0.25) is 0 Å². The highest BCUT2D eigenvalue weighted by Crippen LogP contribution is 2.33. The molecule has 0 atom stereocenters. The molecular formula is C22H17F5O. The van der Waals surface area contributed by atoms with Crippen molar-refractivity contribution in [3.05, 3.63) is 89.2 Å². The van der Waals surface area contributed by atoms with Crippen molar-refractivity contribution in [3.63, 3.8) is 0 Å². The quantitative estimate of drug-likeness (QED) is 0.329. The topological polar surface area (TPSA) is 9.23 Å². The second kappa shape index (κ2) is 8.00. The van der Waals surface area contributed by atoms with Crippen molar-refractivity contribution < 1.29 is 26.7 Å². The summed E-state index contributed by atoms with van der Waals surface area (Å²) in [5, 5.41) is 0. The molecule has 3 aromatic rings. The molecule has 0 unspecified atom stereocenters. The van der Waals surface area contributed by atoms with Gasteiger partial charge in [-0.25, -0.2) is 13.2 Å². The van der Waals surface area contributed by atoms with Crippen LogP contribution in [0.15, 0.2) is 60.7 Å². The predicted molar refractivity (Wildman–Crippen MR) is 96.7 cm³/mol.